The molecule has 1 spiro atoms. The summed E-state index contributed by atoms with van der Waals surface area (Å²) < 4.78 is 25.7. The molecule has 1 fully saturated rings. The van der Waals surface area contributed by atoms with E-state index < -0.39 is 17.4 Å². The van der Waals surface area contributed by atoms with Crippen molar-refractivity contribution in [2.24, 2.45) is 0 Å². The molecule has 1 amide bonds. The Bertz CT molecular complexity index is 907. The number of carbonyl (C=O) groups excluding carboxylic acids is 2. The van der Waals surface area contributed by atoms with Crippen LogP contribution >= 0.6 is 0 Å². The van der Waals surface area contributed by atoms with Crippen LogP contribution in [0, 0.1) is 5.82 Å². The fourth-order valence-corrected chi connectivity index (χ4v) is 3.92. The van der Waals surface area contributed by atoms with E-state index >= 15 is 0 Å². The Morgan fingerprint density at radius 2 is 1.93 bits per heavy atom. The summed E-state index contributed by atoms with van der Waals surface area (Å²) in [4.78, 5) is 26.7. The summed E-state index contributed by atoms with van der Waals surface area (Å²) in [6, 6.07) is 11.6. The molecule has 1 saturated heterocycles. The lowest BCUT2D eigenvalue weighted by molar-refractivity contribution is -0.0403. The third-order valence-corrected chi connectivity index (χ3v) is 5.27. The number of aliphatic hydroxyl groups is 1. The summed E-state index contributed by atoms with van der Waals surface area (Å²) in [5.41, 5.74) is -0.0741. The van der Waals surface area contributed by atoms with Gasteiger partial charge in [-0.2, -0.15) is 0 Å². The Balaban J connectivity index is 1.56. The summed E-state index contributed by atoms with van der Waals surface area (Å²) in [6.07, 6.45) is 0.663. The standard InChI is InChI=1S/C21H20FNO5/c22-17-13-15(27-11-10-24)12-16-18(17)21(28-20(16)26)6-8-23(9-7-21)19(25)14-4-2-1-3-5-14/h1-5,12-13,24H,6-11H2. The number of piperidine rings is 1. The van der Waals surface area contributed by atoms with Gasteiger partial charge in [-0.05, 0) is 18.2 Å². The second kappa shape index (κ2) is 7.24. The minimum atomic E-state index is -1.06. The molecular weight excluding hydrogens is 365 g/mol. The monoisotopic (exact) mass is 385 g/mol. The van der Waals surface area contributed by atoms with E-state index in [2.05, 4.69) is 0 Å². The van der Waals surface area contributed by atoms with E-state index in [9.17, 15) is 14.0 Å². The number of esters is 1. The Morgan fingerprint density at radius 1 is 1.21 bits per heavy atom. The molecule has 4 rings (SSSR count). The van der Waals surface area contributed by atoms with Gasteiger partial charge in [0.1, 0.15) is 23.8 Å². The summed E-state index contributed by atoms with van der Waals surface area (Å²) in [7, 11) is 0. The maximum Gasteiger partial charge on any atom is 0.339 e. The molecule has 2 aromatic carbocycles. The molecule has 28 heavy (non-hydrogen) atoms. The van der Waals surface area contributed by atoms with Crippen molar-refractivity contribution in [3.63, 3.8) is 0 Å². The quantitative estimate of drug-likeness (QED) is 0.819. The molecular formula is C21H20FNO5. The predicted octanol–water partition coefficient (Wildman–Crippen LogP) is 2.50. The minimum absolute atomic E-state index is 0.00890. The molecule has 0 saturated carbocycles. The van der Waals surface area contributed by atoms with Crippen LogP contribution in [0.1, 0.15) is 39.1 Å². The summed E-state index contributed by atoms with van der Waals surface area (Å²) in [5, 5.41) is 8.85. The zero-order valence-corrected chi connectivity index (χ0v) is 15.2. The number of halogens is 1. The van der Waals surface area contributed by atoms with Crippen LogP contribution in [0.25, 0.3) is 0 Å². The number of benzene rings is 2. The number of hydrogen-bond donors (Lipinski definition) is 1. The molecule has 0 aliphatic carbocycles. The second-order valence-corrected chi connectivity index (χ2v) is 6.94. The molecule has 0 atom stereocenters. The maximum absolute atomic E-state index is 14.8. The van der Waals surface area contributed by atoms with Gasteiger partial charge in [0.25, 0.3) is 5.91 Å². The number of fused-ring (bicyclic) bond motifs is 2. The van der Waals surface area contributed by atoms with E-state index in [1.54, 1.807) is 29.2 Å². The number of carbonyl (C=O) groups is 2. The van der Waals surface area contributed by atoms with Crippen LogP contribution < -0.4 is 4.74 Å². The summed E-state index contributed by atoms with van der Waals surface area (Å²) in [5.74, 6) is -1.07. The van der Waals surface area contributed by atoms with Gasteiger partial charge in [-0.25, -0.2) is 9.18 Å². The van der Waals surface area contributed by atoms with Gasteiger partial charge in [-0.1, -0.05) is 18.2 Å². The average Bonchev–Trinajstić information content (AvgIpc) is 2.99. The first-order valence-corrected chi connectivity index (χ1v) is 9.19. The number of amides is 1. The van der Waals surface area contributed by atoms with Gasteiger partial charge in [0.15, 0.2) is 0 Å². The highest BCUT2D eigenvalue weighted by Crippen LogP contribution is 2.46. The highest BCUT2D eigenvalue weighted by Gasteiger charge is 2.50. The Morgan fingerprint density at radius 3 is 2.61 bits per heavy atom. The van der Waals surface area contributed by atoms with Gasteiger partial charge in [-0.15, -0.1) is 0 Å². The van der Waals surface area contributed by atoms with Gasteiger partial charge in [0.05, 0.1) is 12.2 Å². The normalized spacial score (nSPS) is 17.4. The van der Waals surface area contributed by atoms with Crippen LogP contribution in [0.15, 0.2) is 42.5 Å². The molecule has 2 aromatic rings. The molecule has 146 valence electrons. The highest BCUT2D eigenvalue weighted by molar-refractivity contribution is 5.96. The molecule has 2 heterocycles. The molecule has 0 bridgehead atoms. The maximum atomic E-state index is 14.8. The van der Waals surface area contributed by atoms with Gasteiger partial charge < -0.3 is 19.5 Å². The number of hydrogen-bond acceptors (Lipinski definition) is 5. The lowest BCUT2D eigenvalue weighted by atomic mass is 9.83. The largest absolute Gasteiger partial charge is 0.491 e. The molecule has 1 N–H and O–H groups in total. The molecule has 7 heteroatoms. The summed E-state index contributed by atoms with van der Waals surface area (Å²) >= 11 is 0. The first-order valence-electron chi connectivity index (χ1n) is 9.19. The minimum Gasteiger partial charge on any atom is -0.491 e. The molecule has 2 aliphatic heterocycles. The average molecular weight is 385 g/mol. The molecule has 0 unspecified atom stereocenters. The van der Waals surface area contributed by atoms with Crippen molar-refractivity contribution in [1.82, 2.24) is 4.90 Å². The number of nitrogens with zero attached hydrogens (tertiary/aromatic N) is 1. The Labute approximate surface area is 161 Å². The van der Waals surface area contributed by atoms with E-state index in [4.69, 9.17) is 14.6 Å². The first kappa shape index (κ1) is 18.4. The van der Waals surface area contributed by atoms with Crippen LogP contribution in [0.4, 0.5) is 4.39 Å². The second-order valence-electron chi connectivity index (χ2n) is 6.94. The van der Waals surface area contributed by atoms with Crippen molar-refractivity contribution in [3.8, 4) is 5.75 Å². The number of ether oxygens (including phenoxy) is 2. The lowest BCUT2D eigenvalue weighted by Gasteiger charge is -2.38. The van der Waals surface area contributed by atoms with E-state index in [1.807, 2.05) is 6.07 Å². The zero-order valence-electron chi connectivity index (χ0n) is 15.2. The van der Waals surface area contributed by atoms with E-state index in [0.29, 0.717) is 31.5 Å². The topological polar surface area (TPSA) is 76.1 Å². The van der Waals surface area contributed by atoms with E-state index in [0.717, 1.165) is 0 Å². The zero-order chi connectivity index (χ0) is 19.7. The number of aliphatic hydroxyl groups excluding tert-OH is 1. The number of rotatable bonds is 4. The van der Waals surface area contributed by atoms with Gasteiger partial charge in [0.2, 0.25) is 0 Å². The van der Waals surface area contributed by atoms with Crippen molar-refractivity contribution in [1.29, 1.82) is 0 Å². The third kappa shape index (κ3) is 3.11. The first-order chi connectivity index (χ1) is 13.5. The van der Waals surface area contributed by atoms with Crippen molar-refractivity contribution < 1.29 is 28.6 Å². The number of likely N-dealkylation sites (tertiary alicyclic amines) is 1. The van der Waals surface area contributed by atoms with Gasteiger partial charge >= 0.3 is 5.97 Å². The fraction of sp³-hybridized carbons (Fsp3) is 0.333. The van der Waals surface area contributed by atoms with Crippen molar-refractivity contribution in [3.05, 3.63) is 65.0 Å². The smallest absolute Gasteiger partial charge is 0.339 e. The van der Waals surface area contributed by atoms with Crippen molar-refractivity contribution >= 4 is 11.9 Å². The SMILES string of the molecule is O=C1OC2(CCN(C(=O)c3ccccc3)CC2)c2c(F)cc(OCCO)cc21. The van der Waals surface area contributed by atoms with Gasteiger partial charge in [0, 0.05) is 43.1 Å². The van der Waals surface area contributed by atoms with E-state index in [-0.39, 0.29) is 36.0 Å². The van der Waals surface area contributed by atoms with Crippen LogP contribution in [0.3, 0.4) is 0 Å². The van der Waals surface area contributed by atoms with Crippen LogP contribution in [-0.4, -0.2) is 48.2 Å². The summed E-state index contributed by atoms with van der Waals surface area (Å²) in [6.45, 7) is 0.526. The third-order valence-electron chi connectivity index (χ3n) is 5.27. The lowest BCUT2D eigenvalue weighted by Crippen LogP contribution is -2.45. The Kier molecular flexibility index (Phi) is 4.77. The fourth-order valence-electron chi connectivity index (χ4n) is 3.92. The van der Waals surface area contributed by atoms with E-state index in [1.165, 1.54) is 12.1 Å². The van der Waals surface area contributed by atoms with Crippen LogP contribution in [-0.2, 0) is 10.3 Å². The highest BCUT2D eigenvalue weighted by atomic mass is 19.1. The Hall–Kier alpha value is -2.93. The molecule has 0 aromatic heterocycles. The molecule has 6 nitrogen and oxygen atoms in total. The molecule has 0 radical (unpaired) electrons. The predicted molar refractivity (Wildman–Crippen MR) is 97.7 cm³/mol. The van der Waals surface area contributed by atoms with Crippen molar-refractivity contribution in [2.75, 3.05) is 26.3 Å². The van der Waals surface area contributed by atoms with Crippen LogP contribution in [0.5, 0.6) is 5.75 Å². The molecule has 2 aliphatic rings. The van der Waals surface area contributed by atoms with Crippen molar-refractivity contribution in [2.45, 2.75) is 18.4 Å². The van der Waals surface area contributed by atoms with Gasteiger partial charge in [-0.3, -0.25) is 4.79 Å². The van der Waals surface area contributed by atoms with Crippen LogP contribution in [0.2, 0.25) is 0 Å².